The Labute approximate surface area is 107 Å². The van der Waals surface area contributed by atoms with Crippen molar-refractivity contribution < 1.29 is 9.53 Å². The summed E-state index contributed by atoms with van der Waals surface area (Å²) in [4.78, 5) is 13.7. The van der Waals surface area contributed by atoms with E-state index in [1.165, 1.54) is 0 Å². The highest BCUT2D eigenvalue weighted by atomic mass is 16.5. The first-order valence-corrected chi connectivity index (χ1v) is 6.16. The number of benzene rings is 1. The van der Waals surface area contributed by atoms with Crippen LogP contribution in [0.25, 0.3) is 0 Å². The molecule has 0 atom stereocenters. The molecule has 1 amide bonds. The van der Waals surface area contributed by atoms with Crippen LogP contribution in [0.2, 0.25) is 0 Å². The fourth-order valence-corrected chi connectivity index (χ4v) is 2.02. The van der Waals surface area contributed by atoms with Crippen LogP contribution >= 0.6 is 0 Å². The van der Waals surface area contributed by atoms with Gasteiger partial charge in [-0.15, -0.1) is 0 Å². The molecule has 0 fully saturated rings. The van der Waals surface area contributed by atoms with Gasteiger partial charge in [-0.2, -0.15) is 0 Å². The molecule has 5 heteroatoms. The summed E-state index contributed by atoms with van der Waals surface area (Å²) < 4.78 is 5.44. The number of nitrogens with one attached hydrogen (secondary N) is 2. The molecule has 0 aromatic heterocycles. The molecule has 0 radical (unpaired) electrons. The standard InChI is InChI=1S/C13H19N3O2/c1-14-6-3-7-16-11-8-10(15-2)4-5-12(11)18-9-13(16)17/h4-5,8,14-15H,3,6-7,9H2,1-2H3. The van der Waals surface area contributed by atoms with Crippen molar-refractivity contribution in [3.05, 3.63) is 18.2 Å². The van der Waals surface area contributed by atoms with E-state index in [-0.39, 0.29) is 12.5 Å². The largest absolute Gasteiger partial charge is 0.482 e. The van der Waals surface area contributed by atoms with Gasteiger partial charge in [-0.3, -0.25) is 4.79 Å². The summed E-state index contributed by atoms with van der Waals surface area (Å²) >= 11 is 0. The summed E-state index contributed by atoms with van der Waals surface area (Å²) in [5.74, 6) is 0.796. The summed E-state index contributed by atoms with van der Waals surface area (Å²) in [6.07, 6.45) is 0.922. The van der Waals surface area contributed by atoms with Gasteiger partial charge in [0.2, 0.25) is 0 Å². The normalized spacial score (nSPS) is 14.1. The number of carbonyl (C=O) groups is 1. The summed E-state index contributed by atoms with van der Waals surface area (Å²) in [6, 6.07) is 5.80. The van der Waals surface area contributed by atoms with E-state index in [2.05, 4.69) is 10.6 Å². The van der Waals surface area contributed by atoms with Crippen molar-refractivity contribution >= 4 is 17.3 Å². The third kappa shape index (κ3) is 2.56. The number of hydrogen-bond donors (Lipinski definition) is 2. The summed E-state index contributed by atoms with van der Waals surface area (Å²) in [5, 5.41) is 6.16. The average Bonchev–Trinajstić information content (AvgIpc) is 2.41. The molecule has 1 aromatic rings. The molecule has 0 unspecified atom stereocenters. The van der Waals surface area contributed by atoms with Gasteiger partial charge >= 0.3 is 0 Å². The molecular formula is C13H19N3O2. The van der Waals surface area contributed by atoms with Crippen LogP contribution in [0.15, 0.2) is 18.2 Å². The van der Waals surface area contributed by atoms with E-state index in [1.54, 1.807) is 4.90 Å². The van der Waals surface area contributed by atoms with Gasteiger partial charge in [0.15, 0.2) is 6.61 Å². The minimum Gasteiger partial charge on any atom is -0.482 e. The Kier molecular flexibility index (Phi) is 4.04. The first kappa shape index (κ1) is 12.7. The lowest BCUT2D eigenvalue weighted by Gasteiger charge is -2.29. The van der Waals surface area contributed by atoms with E-state index in [9.17, 15) is 4.79 Å². The van der Waals surface area contributed by atoms with Gasteiger partial charge in [0, 0.05) is 19.3 Å². The number of carbonyl (C=O) groups excluding carboxylic acids is 1. The van der Waals surface area contributed by atoms with Crippen LogP contribution in [-0.2, 0) is 4.79 Å². The fraction of sp³-hybridized carbons (Fsp3) is 0.462. The SMILES string of the molecule is CNCCCN1C(=O)COc2ccc(NC)cc21. The molecule has 5 nitrogen and oxygen atoms in total. The molecule has 98 valence electrons. The van der Waals surface area contributed by atoms with Gasteiger partial charge in [-0.25, -0.2) is 0 Å². The first-order valence-electron chi connectivity index (χ1n) is 6.16. The molecule has 1 aliphatic rings. The Morgan fingerprint density at radius 1 is 1.39 bits per heavy atom. The van der Waals surface area contributed by atoms with Crippen molar-refractivity contribution in [2.75, 3.05) is 44.0 Å². The van der Waals surface area contributed by atoms with Gasteiger partial charge in [0.05, 0.1) is 5.69 Å². The van der Waals surface area contributed by atoms with Gasteiger partial charge < -0.3 is 20.3 Å². The third-order valence-corrected chi connectivity index (χ3v) is 3.00. The molecule has 1 aromatic carbocycles. The molecule has 2 rings (SSSR count). The zero-order valence-corrected chi connectivity index (χ0v) is 10.8. The Hall–Kier alpha value is -1.75. The first-order chi connectivity index (χ1) is 8.76. The number of rotatable bonds is 5. The molecule has 1 aliphatic heterocycles. The topological polar surface area (TPSA) is 53.6 Å². The van der Waals surface area contributed by atoms with Crippen LogP contribution in [0, 0.1) is 0 Å². The second-order valence-electron chi connectivity index (χ2n) is 4.22. The predicted octanol–water partition coefficient (Wildman–Crippen LogP) is 1.06. The van der Waals surface area contributed by atoms with Gasteiger partial charge in [-0.05, 0) is 38.2 Å². The van der Waals surface area contributed by atoms with Gasteiger partial charge in [-0.1, -0.05) is 0 Å². The molecule has 0 spiro atoms. The van der Waals surface area contributed by atoms with E-state index in [1.807, 2.05) is 32.3 Å². The monoisotopic (exact) mass is 249 g/mol. The third-order valence-electron chi connectivity index (χ3n) is 3.00. The van der Waals surface area contributed by atoms with E-state index in [4.69, 9.17) is 4.74 Å². The van der Waals surface area contributed by atoms with E-state index < -0.39 is 0 Å². The van der Waals surface area contributed by atoms with Crippen molar-refractivity contribution in [3.63, 3.8) is 0 Å². The summed E-state index contributed by atoms with van der Waals surface area (Å²) in [7, 11) is 3.77. The van der Waals surface area contributed by atoms with Crippen molar-refractivity contribution in [1.29, 1.82) is 0 Å². The number of anilines is 2. The van der Waals surface area contributed by atoms with Gasteiger partial charge in [0.25, 0.3) is 5.91 Å². The van der Waals surface area contributed by atoms with Crippen molar-refractivity contribution in [3.8, 4) is 5.75 Å². The van der Waals surface area contributed by atoms with Crippen LogP contribution in [0.1, 0.15) is 6.42 Å². The highest BCUT2D eigenvalue weighted by Crippen LogP contribution is 2.34. The van der Waals surface area contributed by atoms with Crippen molar-refractivity contribution in [2.45, 2.75) is 6.42 Å². The Morgan fingerprint density at radius 3 is 2.94 bits per heavy atom. The fourth-order valence-electron chi connectivity index (χ4n) is 2.02. The lowest BCUT2D eigenvalue weighted by molar-refractivity contribution is -0.121. The van der Waals surface area contributed by atoms with E-state index >= 15 is 0 Å². The molecule has 1 heterocycles. The van der Waals surface area contributed by atoms with Crippen LogP contribution in [-0.4, -0.2) is 39.7 Å². The Bertz CT molecular complexity index is 434. The minimum absolute atomic E-state index is 0.0202. The quantitative estimate of drug-likeness (QED) is 0.766. The number of hydrogen-bond acceptors (Lipinski definition) is 4. The van der Waals surface area contributed by atoms with Crippen LogP contribution in [0.5, 0.6) is 5.75 Å². The van der Waals surface area contributed by atoms with Gasteiger partial charge in [0.1, 0.15) is 5.75 Å². The summed E-state index contributed by atoms with van der Waals surface area (Å²) in [5.41, 5.74) is 1.83. The average molecular weight is 249 g/mol. The van der Waals surface area contributed by atoms with Crippen LogP contribution < -0.4 is 20.3 Å². The highest BCUT2D eigenvalue weighted by Gasteiger charge is 2.25. The van der Waals surface area contributed by atoms with Crippen LogP contribution in [0.4, 0.5) is 11.4 Å². The van der Waals surface area contributed by atoms with Crippen molar-refractivity contribution in [1.82, 2.24) is 5.32 Å². The zero-order chi connectivity index (χ0) is 13.0. The van der Waals surface area contributed by atoms with E-state index in [0.29, 0.717) is 6.54 Å². The highest BCUT2D eigenvalue weighted by molar-refractivity contribution is 5.98. The number of ether oxygens (including phenoxy) is 1. The lowest BCUT2D eigenvalue weighted by atomic mass is 10.2. The maximum Gasteiger partial charge on any atom is 0.265 e. The maximum atomic E-state index is 11.9. The summed E-state index contributed by atoms with van der Waals surface area (Å²) in [6.45, 7) is 1.74. The Morgan fingerprint density at radius 2 is 2.22 bits per heavy atom. The molecule has 18 heavy (non-hydrogen) atoms. The maximum absolute atomic E-state index is 11.9. The molecule has 0 bridgehead atoms. The number of fused-ring (bicyclic) bond motifs is 1. The zero-order valence-electron chi connectivity index (χ0n) is 10.8. The molecular weight excluding hydrogens is 230 g/mol. The molecule has 0 saturated heterocycles. The lowest BCUT2D eigenvalue weighted by Crippen LogP contribution is -2.40. The van der Waals surface area contributed by atoms with Crippen LogP contribution in [0.3, 0.4) is 0 Å². The minimum atomic E-state index is 0.0202. The predicted molar refractivity (Wildman–Crippen MR) is 72.4 cm³/mol. The molecule has 0 aliphatic carbocycles. The number of amides is 1. The second kappa shape index (κ2) is 5.73. The smallest absolute Gasteiger partial charge is 0.265 e. The van der Waals surface area contributed by atoms with E-state index in [0.717, 1.165) is 30.1 Å². The van der Waals surface area contributed by atoms with Crippen molar-refractivity contribution in [2.24, 2.45) is 0 Å². The molecule has 2 N–H and O–H groups in total. The Balaban J connectivity index is 2.21. The molecule has 0 saturated carbocycles. The second-order valence-corrected chi connectivity index (χ2v) is 4.22. The number of nitrogens with zero attached hydrogens (tertiary/aromatic N) is 1.